The molecule has 0 spiro atoms. The number of aliphatic imine (C=N–C) groups is 1. The molecule has 0 saturated heterocycles. The number of benzene rings is 3. The molecule has 0 bridgehead atoms. The molecule has 29 heavy (non-hydrogen) atoms. The maximum absolute atomic E-state index is 4.71. The highest BCUT2D eigenvalue weighted by atomic mass is 27.2. The van der Waals surface area contributed by atoms with Crippen LogP contribution >= 0.6 is 0 Å². The number of hydrogen-bond donors (Lipinski definition) is 1. The first kappa shape index (κ1) is 21.4. The first-order valence-corrected chi connectivity index (χ1v) is 12.9. The lowest BCUT2D eigenvalue weighted by molar-refractivity contribution is 1.09. The van der Waals surface area contributed by atoms with E-state index in [-0.39, 0.29) is 0 Å². The highest BCUT2D eigenvalue weighted by Crippen LogP contribution is 2.18. The summed E-state index contributed by atoms with van der Waals surface area (Å²) in [5.74, 6) is 0. The molecule has 0 radical (unpaired) electrons. The summed E-state index contributed by atoms with van der Waals surface area (Å²) in [6.45, 7) is 6.64. The smallest absolute Gasteiger partial charge is 0.411 e. The number of anilines is 1. The van der Waals surface area contributed by atoms with Gasteiger partial charge >= 0.3 is 14.4 Å². The number of nitrogens with zero attached hydrogens (tertiary/aromatic N) is 1. The minimum Gasteiger partial charge on any atom is -0.476 e. The third-order valence-electron chi connectivity index (χ3n) is 5.40. The van der Waals surface area contributed by atoms with Gasteiger partial charge in [-0.2, -0.15) is 0 Å². The molecule has 0 heterocycles. The topological polar surface area (TPSA) is 24.4 Å². The Morgan fingerprint density at radius 2 is 1.72 bits per heavy atom. The van der Waals surface area contributed by atoms with Gasteiger partial charge in [0, 0.05) is 11.9 Å². The normalized spacial score (nSPS) is 11.0. The van der Waals surface area contributed by atoms with Crippen LogP contribution in [0.3, 0.4) is 0 Å². The highest BCUT2D eigenvalue weighted by molar-refractivity contribution is 6.62. The molecule has 3 aromatic rings. The van der Waals surface area contributed by atoms with Crippen molar-refractivity contribution < 1.29 is 0 Å². The number of hydrogen-bond acceptors (Lipinski definition) is 2. The Hall–Kier alpha value is -2.34. The van der Waals surface area contributed by atoms with E-state index in [1.54, 1.807) is 0 Å². The Kier molecular flexibility index (Phi) is 8.11. The van der Waals surface area contributed by atoms with Crippen LogP contribution in [0.15, 0.2) is 77.8 Å². The van der Waals surface area contributed by atoms with E-state index in [2.05, 4.69) is 97.9 Å². The van der Waals surface area contributed by atoms with Gasteiger partial charge in [-0.25, -0.2) is 0 Å². The second-order valence-corrected chi connectivity index (χ2v) is 10.7. The fourth-order valence-corrected chi connectivity index (χ4v) is 5.60. The fraction of sp³-hybridized carbons (Fsp3) is 0.269. The predicted molar refractivity (Wildman–Crippen MR) is 129 cm³/mol. The number of nitrogens with one attached hydrogen (secondary N) is 1. The molecule has 0 amide bonds. The molecule has 3 rings (SSSR count). The lowest BCUT2D eigenvalue weighted by Gasteiger charge is -2.14. The summed E-state index contributed by atoms with van der Waals surface area (Å²) < 4.78 is 3.83. The van der Waals surface area contributed by atoms with E-state index in [0.717, 1.165) is 18.5 Å². The molecule has 0 aromatic heterocycles. The van der Waals surface area contributed by atoms with E-state index in [0.29, 0.717) is 0 Å². The van der Waals surface area contributed by atoms with E-state index in [9.17, 15) is 0 Å². The van der Waals surface area contributed by atoms with Gasteiger partial charge in [-0.05, 0) is 66.3 Å². The van der Waals surface area contributed by atoms with Crippen LogP contribution in [0, 0.1) is 6.92 Å². The van der Waals surface area contributed by atoms with Gasteiger partial charge in [0.1, 0.15) is 0 Å². The SMILES string of the molecule is CCc1ccc(N=Cc2ccccc2C[CH2][Al]([CH2]C)[NH]c2cccc(C)c2)cc1. The molecule has 148 valence electrons. The van der Waals surface area contributed by atoms with Gasteiger partial charge in [0.15, 0.2) is 0 Å². The van der Waals surface area contributed by atoms with Crippen molar-refractivity contribution in [2.45, 2.75) is 44.2 Å². The molecule has 1 N–H and O–H groups in total. The molecule has 0 fully saturated rings. The Labute approximate surface area is 180 Å². The third-order valence-corrected chi connectivity index (χ3v) is 8.11. The maximum atomic E-state index is 4.71. The molecule has 0 aliphatic carbocycles. The van der Waals surface area contributed by atoms with Crippen molar-refractivity contribution in [2.24, 2.45) is 4.99 Å². The predicted octanol–water partition coefficient (Wildman–Crippen LogP) is 6.97. The van der Waals surface area contributed by atoms with Crippen molar-refractivity contribution in [3.05, 3.63) is 95.1 Å². The Morgan fingerprint density at radius 1 is 0.931 bits per heavy atom. The van der Waals surface area contributed by atoms with Crippen LogP contribution < -0.4 is 4.30 Å². The zero-order valence-electron chi connectivity index (χ0n) is 17.9. The summed E-state index contributed by atoms with van der Waals surface area (Å²) in [7, 11) is 0. The Bertz CT molecular complexity index is 931. The van der Waals surface area contributed by atoms with Gasteiger partial charge in [0.2, 0.25) is 0 Å². The van der Waals surface area contributed by atoms with Gasteiger partial charge in [0.05, 0.1) is 5.69 Å². The van der Waals surface area contributed by atoms with Crippen molar-refractivity contribution in [1.82, 2.24) is 0 Å². The quantitative estimate of drug-likeness (QED) is 0.305. The first-order valence-electron chi connectivity index (χ1n) is 10.7. The van der Waals surface area contributed by atoms with Crippen LogP contribution in [0.25, 0.3) is 0 Å². The minimum atomic E-state index is -1.03. The number of aryl methyl sites for hydroxylation is 3. The van der Waals surface area contributed by atoms with Gasteiger partial charge in [0.25, 0.3) is 0 Å². The van der Waals surface area contributed by atoms with Crippen molar-refractivity contribution in [2.75, 3.05) is 4.30 Å². The zero-order chi connectivity index (χ0) is 20.5. The lowest BCUT2D eigenvalue weighted by atomic mass is 10.1. The fourth-order valence-electron chi connectivity index (χ4n) is 3.53. The third kappa shape index (κ3) is 6.60. The van der Waals surface area contributed by atoms with Crippen LogP contribution in [0.5, 0.6) is 0 Å². The average Bonchev–Trinajstić information content (AvgIpc) is 2.76. The second-order valence-electron chi connectivity index (χ2n) is 7.63. The molecule has 3 heteroatoms. The maximum Gasteiger partial charge on any atom is 0.411 e. The van der Waals surface area contributed by atoms with Crippen molar-refractivity contribution in [3.63, 3.8) is 0 Å². The van der Waals surface area contributed by atoms with E-state index in [1.165, 1.54) is 38.5 Å². The van der Waals surface area contributed by atoms with Gasteiger partial charge in [-0.3, -0.25) is 4.99 Å². The minimum absolute atomic E-state index is 1.01. The molecule has 3 aromatic carbocycles. The molecule has 2 nitrogen and oxygen atoms in total. The van der Waals surface area contributed by atoms with Crippen molar-refractivity contribution >= 4 is 32.0 Å². The van der Waals surface area contributed by atoms with Crippen LogP contribution in [0.2, 0.25) is 10.6 Å². The molecular formula is C26H31AlN2. The van der Waals surface area contributed by atoms with Crippen LogP contribution in [0.4, 0.5) is 11.4 Å². The molecule has 0 saturated carbocycles. The monoisotopic (exact) mass is 398 g/mol. The van der Waals surface area contributed by atoms with Crippen LogP contribution in [0.1, 0.15) is 36.1 Å². The van der Waals surface area contributed by atoms with E-state index in [4.69, 9.17) is 4.99 Å². The molecule has 0 aliphatic heterocycles. The summed E-state index contributed by atoms with van der Waals surface area (Å²) in [5.41, 5.74) is 7.56. The molecule has 0 unspecified atom stereocenters. The first-order chi connectivity index (χ1) is 14.2. The van der Waals surface area contributed by atoms with E-state index in [1.807, 2.05) is 6.21 Å². The summed E-state index contributed by atoms with van der Waals surface area (Å²) >= 11 is -1.03. The van der Waals surface area contributed by atoms with E-state index < -0.39 is 14.4 Å². The van der Waals surface area contributed by atoms with Gasteiger partial charge in [-0.15, -0.1) is 0 Å². The lowest BCUT2D eigenvalue weighted by Crippen LogP contribution is -2.24. The molecule has 0 atom stereocenters. The zero-order valence-corrected chi connectivity index (χ0v) is 19.0. The highest BCUT2D eigenvalue weighted by Gasteiger charge is 2.17. The number of rotatable bonds is 9. The largest absolute Gasteiger partial charge is 0.476 e. The van der Waals surface area contributed by atoms with Crippen molar-refractivity contribution in [3.8, 4) is 0 Å². The Morgan fingerprint density at radius 3 is 2.45 bits per heavy atom. The average molecular weight is 399 g/mol. The van der Waals surface area contributed by atoms with E-state index >= 15 is 0 Å². The van der Waals surface area contributed by atoms with Crippen LogP contribution in [-0.4, -0.2) is 20.6 Å². The van der Waals surface area contributed by atoms with Crippen molar-refractivity contribution in [1.29, 1.82) is 0 Å². The molecule has 0 aliphatic rings. The van der Waals surface area contributed by atoms with Crippen LogP contribution in [-0.2, 0) is 12.8 Å². The summed E-state index contributed by atoms with van der Waals surface area (Å²) in [5, 5.41) is 2.48. The summed E-state index contributed by atoms with van der Waals surface area (Å²) in [6.07, 6.45) is 4.18. The summed E-state index contributed by atoms with van der Waals surface area (Å²) in [6, 6.07) is 25.9. The second kappa shape index (κ2) is 11.0. The van der Waals surface area contributed by atoms with Gasteiger partial charge < -0.3 is 4.30 Å². The standard InChI is InChI=1S/C17H18N.C7H8N.C2H5.Al/c1-3-14-9-11-17(12-10-14)18-13-16-8-6-5-7-15(16)4-2;1-6-3-2-4-7(8)5-6;1-2;/h5-13H,2-4H2,1H3;2-5,8H,1H3;1H2,2H3;/q;-1;;+1. The van der Waals surface area contributed by atoms with Gasteiger partial charge in [-0.1, -0.05) is 72.9 Å². The summed E-state index contributed by atoms with van der Waals surface area (Å²) in [4.78, 5) is 4.71. The Balaban J connectivity index is 1.65. The molecular weight excluding hydrogens is 367 g/mol.